The second-order valence-corrected chi connectivity index (χ2v) is 4.56. The van der Waals surface area contributed by atoms with Gasteiger partial charge in [-0.05, 0) is 23.7 Å². The van der Waals surface area contributed by atoms with Crippen LogP contribution in [0.25, 0.3) is 10.9 Å². The average Bonchev–Trinajstić information content (AvgIpc) is 2.72. The summed E-state index contributed by atoms with van der Waals surface area (Å²) in [4.78, 5) is 0. The number of fused-ring (bicyclic) bond motifs is 1. The highest BCUT2D eigenvalue weighted by atomic mass is 35.5. The molecule has 1 atom stereocenters. The van der Waals surface area contributed by atoms with E-state index in [-0.39, 0.29) is 6.04 Å². The van der Waals surface area contributed by atoms with Crippen LogP contribution in [0.4, 0.5) is 5.00 Å². The standard InChI is InChI=1S/C11H13ClN2OS/c1-15-7-8(6-12)13-11-9-4-2-3-5-10(9)14-16-11/h2-5,8,13H,6-7H2,1H3. The van der Waals surface area contributed by atoms with Crippen LogP contribution >= 0.6 is 23.1 Å². The number of methoxy groups -OCH3 is 1. The Bertz CT molecular complexity index is 460. The van der Waals surface area contributed by atoms with Gasteiger partial charge in [0, 0.05) is 18.4 Å². The van der Waals surface area contributed by atoms with E-state index >= 15 is 0 Å². The van der Waals surface area contributed by atoms with Gasteiger partial charge < -0.3 is 10.1 Å². The minimum Gasteiger partial charge on any atom is -0.383 e. The molecule has 0 radical (unpaired) electrons. The fourth-order valence-corrected chi connectivity index (χ4v) is 2.51. The smallest absolute Gasteiger partial charge is 0.117 e. The number of aromatic nitrogens is 1. The lowest BCUT2D eigenvalue weighted by molar-refractivity contribution is 0.191. The number of hydrogen-bond acceptors (Lipinski definition) is 4. The third kappa shape index (κ3) is 2.45. The molecular weight excluding hydrogens is 244 g/mol. The Morgan fingerprint density at radius 1 is 1.50 bits per heavy atom. The van der Waals surface area contributed by atoms with Crippen molar-refractivity contribution in [2.45, 2.75) is 6.04 Å². The van der Waals surface area contributed by atoms with Crippen molar-refractivity contribution in [1.82, 2.24) is 4.37 Å². The maximum Gasteiger partial charge on any atom is 0.117 e. The summed E-state index contributed by atoms with van der Waals surface area (Å²) in [7, 11) is 1.67. The van der Waals surface area contributed by atoms with Gasteiger partial charge in [-0.15, -0.1) is 11.6 Å². The van der Waals surface area contributed by atoms with Gasteiger partial charge in [0.2, 0.25) is 0 Å². The van der Waals surface area contributed by atoms with Gasteiger partial charge in [0.1, 0.15) is 5.00 Å². The number of benzene rings is 1. The average molecular weight is 257 g/mol. The number of ether oxygens (including phenoxy) is 1. The predicted octanol–water partition coefficient (Wildman–Crippen LogP) is 2.96. The molecular formula is C11H13ClN2OS. The molecule has 0 saturated carbocycles. The first-order valence-corrected chi connectivity index (χ1v) is 6.31. The lowest BCUT2D eigenvalue weighted by Crippen LogP contribution is -2.26. The number of alkyl halides is 1. The molecule has 1 aromatic heterocycles. The first kappa shape index (κ1) is 11.6. The Kier molecular flexibility index (Phi) is 3.98. The zero-order chi connectivity index (χ0) is 11.4. The summed E-state index contributed by atoms with van der Waals surface area (Å²) in [5.74, 6) is 0.514. The van der Waals surface area contributed by atoms with Crippen LogP contribution in [0.5, 0.6) is 0 Å². The quantitative estimate of drug-likeness (QED) is 0.836. The molecule has 2 aromatic rings. The number of halogens is 1. The molecule has 86 valence electrons. The highest BCUT2D eigenvalue weighted by Gasteiger charge is 2.11. The van der Waals surface area contributed by atoms with Gasteiger partial charge in [-0.1, -0.05) is 12.1 Å². The summed E-state index contributed by atoms with van der Waals surface area (Å²) in [6, 6.07) is 8.17. The summed E-state index contributed by atoms with van der Waals surface area (Å²) in [5, 5.41) is 5.54. The second kappa shape index (κ2) is 5.48. The molecule has 1 aromatic carbocycles. The van der Waals surface area contributed by atoms with Gasteiger partial charge in [-0.3, -0.25) is 0 Å². The Balaban J connectivity index is 2.20. The van der Waals surface area contributed by atoms with Gasteiger partial charge in [0.25, 0.3) is 0 Å². The summed E-state index contributed by atoms with van der Waals surface area (Å²) in [6.45, 7) is 0.593. The van der Waals surface area contributed by atoms with E-state index in [0.717, 1.165) is 15.9 Å². The van der Waals surface area contributed by atoms with Crippen LogP contribution < -0.4 is 5.32 Å². The number of nitrogens with one attached hydrogen (secondary N) is 1. The van der Waals surface area contributed by atoms with Crippen LogP contribution in [0.15, 0.2) is 24.3 Å². The number of anilines is 1. The molecule has 5 heteroatoms. The molecule has 16 heavy (non-hydrogen) atoms. The zero-order valence-corrected chi connectivity index (χ0v) is 10.5. The van der Waals surface area contributed by atoms with Crippen molar-refractivity contribution in [2.24, 2.45) is 0 Å². The molecule has 0 aliphatic rings. The van der Waals surface area contributed by atoms with E-state index in [1.165, 1.54) is 11.5 Å². The van der Waals surface area contributed by atoms with Gasteiger partial charge in [-0.2, -0.15) is 4.37 Å². The third-order valence-electron chi connectivity index (χ3n) is 2.27. The van der Waals surface area contributed by atoms with E-state index in [4.69, 9.17) is 16.3 Å². The summed E-state index contributed by atoms with van der Waals surface area (Å²) >= 11 is 7.31. The van der Waals surface area contributed by atoms with Gasteiger partial charge in [-0.25, -0.2) is 0 Å². The van der Waals surface area contributed by atoms with Crippen molar-refractivity contribution in [3.05, 3.63) is 24.3 Å². The zero-order valence-electron chi connectivity index (χ0n) is 8.94. The summed E-state index contributed by atoms with van der Waals surface area (Å²) in [6.07, 6.45) is 0. The Hall–Kier alpha value is -0.840. The number of nitrogens with zero attached hydrogens (tertiary/aromatic N) is 1. The second-order valence-electron chi connectivity index (χ2n) is 3.48. The van der Waals surface area contributed by atoms with Crippen molar-refractivity contribution in [3.63, 3.8) is 0 Å². The molecule has 0 spiro atoms. The fourth-order valence-electron chi connectivity index (χ4n) is 1.50. The maximum absolute atomic E-state index is 5.86. The van der Waals surface area contributed by atoms with Crippen LogP contribution in [0, 0.1) is 0 Å². The maximum atomic E-state index is 5.86. The minimum atomic E-state index is 0.121. The number of rotatable bonds is 5. The SMILES string of the molecule is COCC(CCl)Nc1snc2ccccc12. The van der Waals surface area contributed by atoms with Gasteiger partial charge in [0.15, 0.2) is 0 Å². The largest absolute Gasteiger partial charge is 0.383 e. The van der Waals surface area contributed by atoms with Gasteiger partial charge >= 0.3 is 0 Å². The highest BCUT2D eigenvalue weighted by Crippen LogP contribution is 2.27. The summed E-state index contributed by atoms with van der Waals surface area (Å²) < 4.78 is 9.45. The van der Waals surface area contributed by atoms with E-state index in [9.17, 15) is 0 Å². The molecule has 0 bridgehead atoms. The topological polar surface area (TPSA) is 34.1 Å². The first-order valence-electron chi connectivity index (χ1n) is 5.01. The van der Waals surface area contributed by atoms with Crippen LogP contribution in [0.3, 0.4) is 0 Å². The normalized spacial score (nSPS) is 12.9. The Morgan fingerprint density at radius 2 is 2.31 bits per heavy atom. The molecule has 3 nitrogen and oxygen atoms in total. The molecule has 0 fully saturated rings. The molecule has 1 N–H and O–H groups in total. The van der Waals surface area contributed by atoms with Crippen LogP contribution in [0.2, 0.25) is 0 Å². The van der Waals surface area contributed by atoms with E-state index < -0.39 is 0 Å². The minimum absolute atomic E-state index is 0.121. The van der Waals surface area contributed by atoms with Crippen LogP contribution in [-0.4, -0.2) is 30.0 Å². The fraction of sp³-hybridized carbons (Fsp3) is 0.364. The Labute approximate surface area is 104 Å². The molecule has 0 aliphatic carbocycles. The van der Waals surface area contributed by atoms with E-state index in [0.29, 0.717) is 12.5 Å². The van der Waals surface area contributed by atoms with E-state index in [1.54, 1.807) is 7.11 Å². The van der Waals surface area contributed by atoms with Crippen molar-refractivity contribution in [2.75, 3.05) is 24.9 Å². The third-order valence-corrected chi connectivity index (χ3v) is 3.45. The van der Waals surface area contributed by atoms with E-state index in [2.05, 4.69) is 15.8 Å². The van der Waals surface area contributed by atoms with Crippen molar-refractivity contribution in [3.8, 4) is 0 Å². The van der Waals surface area contributed by atoms with Crippen LogP contribution in [-0.2, 0) is 4.74 Å². The lowest BCUT2D eigenvalue weighted by atomic mass is 10.2. The highest BCUT2D eigenvalue weighted by molar-refractivity contribution is 7.11. The van der Waals surface area contributed by atoms with Crippen molar-refractivity contribution >= 4 is 39.0 Å². The van der Waals surface area contributed by atoms with Crippen molar-refractivity contribution < 1.29 is 4.74 Å². The van der Waals surface area contributed by atoms with Crippen molar-refractivity contribution in [1.29, 1.82) is 0 Å². The molecule has 0 aliphatic heterocycles. The Morgan fingerprint density at radius 3 is 3.06 bits per heavy atom. The molecule has 0 amide bonds. The molecule has 2 rings (SSSR count). The molecule has 1 heterocycles. The summed E-state index contributed by atoms with van der Waals surface area (Å²) in [5.41, 5.74) is 1.01. The predicted molar refractivity (Wildman–Crippen MR) is 69.6 cm³/mol. The molecule has 1 unspecified atom stereocenters. The van der Waals surface area contributed by atoms with Crippen LogP contribution in [0.1, 0.15) is 0 Å². The monoisotopic (exact) mass is 256 g/mol. The number of hydrogen-bond donors (Lipinski definition) is 1. The van der Waals surface area contributed by atoms with Gasteiger partial charge in [0.05, 0.1) is 18.2 Å². The lowest BCUT2D eigenvalue weighted by Gasteiger charge is -2.14. The first-order chi connectivity index (χ1) is 7.85. The van der Waals surface area contributed by atoms with E-state index in [1.807, 2.05) is 18.2 Å². The molecule has 0 saturated heterocycles.